The van der Waals surface area contributed by atoms with Gasteiger partial charge in [-0.25, -0.2) is 4.98 Å². The molecule has 1 saturated heterocycles. The van der Waals surface area contributed by atoms with E-state index in [-0.39, 0.29) is 11.8 Å². The largest absolute Gasteiger partial charge is 0.444 e. The van der Waals surface area contributed by atoms with E-state index >= 15 is 0 Å². The van der Waals surface area contributed by atoms with Gasteiger partial charge in [-0.05, 0) is 56.8 Å². The molecule has 2 aromatic rings. The number of piperidine rings is 1. The second-order valence-electron chi connectivity index (χ2n) is 7.42. The smallest absolute Gasteiger partial charge is 0.226 e. The molecular weight excluding hydrogens is 314 g/mol. The van der Waals surface area contributed by atoms with Gasteiger partial charge in [-0.3, -0.25) is 4.79 Å². The number of amides is 1. The Bertz CT molecular complexity index is 745. The highest BCUT2D eigenvalue weighted by molar-refractivity contribution is 5.82. The average Bonchev–Trinajstić information content (AvgIpc) is 3.10. The zero-order valence-corrected chi connectivity index (χ0v) is 14.7. The lowest BCUT2D eigenvalue weighted by Crippen LogP contribution is -2.34. The molecular formula is C20H25N3O2. The average molecular weight is 339 g/mol. The van der Waals surface area contributed by atoms with Gasteiger partial charge in [0.25, 0.3) is 0 Å². The van der Waals surface area contributed by atoms with Crippen LogP contribution in [0.1, 0.15) is 30.5 Å². The minimum absolute atomic E-state index is 0.212. The number of nitrogens with zero attached hydrogens (tertiary/aromatic N) is 1. The van der Waals surface area contributed by atoms with E-state index in [4.69, 9.17) is 4.42 Å². The van der Waals surface area contributed by atoms with Crippen LogP contribution in [0, 0.1) is 18.3 Å². The SMILES string of the molecule is Cc1ccc(-c2nc(CCNC(=O)C3CC34CCNCC4)co2)cc1. The monoisotopic (exact) mass is 339 g/mol. The molecule has 2 N–H and O–H groups in total. The van der Waals surface area contributed by atoms with Gasteiger partial charge in [0.2, 0.25) is 11.8 Å². The fraction of sp³-hybridized carbons (Fsp3) is 0.500. The van der Waals surface area contributed by atoms with Crippen molar-refractivity contribution < 1.29 is 9.21 Å². The molecule has 132 valence electrons. The van der Waals surface area contributed by atoms with Gasteiger partial charge in [-0.1, -0.05) is 17.7 Å². The topological polar surface area (TPSA) is 67.2 Å². The lowest BCUT2D eigenvalue weighted by atomic mass is 9.92. The molecule has 0 bridgehead atoms. The molecule has 5 heteroatoms. The van der Waals surface area contributed by atoms with Crippen LogP contribution in [0.3, 0.4) is 0 Å². The molecule has 25 heavy (non-hydrogen) atoms. The molecule has 5 nitrogen and oxygen atoms in total. The first-order chi connectivity index (χ1) is 12.2. The van der Waals surface area contributed by atoms with E-state index < -0.39 is 0 Å². The Morgan fingerprint density at radius 3 is 2.84 bits per heavy atom. The molecule has 1 amide bonds. The second-order valence-corrected chi connectivity index (χ2v) is 7.42. The van der Waals surface area contributed by atoms with Gasteiger partial charge in [-0.15, -0.1) is 0 Å². The maximum Gasteiger partial charge on any atom is 0.226 e. The van der Waals surface area contributed by atoms with E-state index in [2.05, 4.69) is 22.5 Å². The van der Waals surface area contributed by atoms with E-state index in [1.807, 2.05) is 24.3 Å². The Morgan fingerprint density at radius 1 is 1.32 bits per heavy atom. The van der Waals surface area contributed by atoms with Gasteiger partial charge < -0.3 is 15.1 Å². The fourth-order valence-corrected chi connectivity index (χ4v) is 3.88. The number of carbonyl (C=O) groups is 1. The third kappa shape index (κ3) is 3.47. The Kier molecular flexibility index (Phi) is 4.34. The minimum Gasteiger partial charge on any atom is -0.444 e. The summed E-state index contributed by atoms with van der Waals surface area (Å²) in [5.74, 6) is 1.07. The number of aromatic nitrogens is 1. The molecule has 2 aliphatic rings. The first-order valence-electron chi connectivity index (χ1n) is 9.16. The van der Waals surface area contributed by atoms with E-state index in [0.717, 1.165) is 43.6 Å². The predicted molar refractivity (Wildman–Crippen MR) is 96.0 cm³/mol. The minimum atomic E-state index is 0.212. The highest BCUT2D eigenvalue weighted by atomic mass is 16.3. The quantitative estimate of drug-likeness (QED) is 0.879. The van der Waals surface area contributed by atoms with E-state index in [1.54, 1.807) is 6.26 Å². The van der Waals surface area contributed by atoms with Crippen LogP contribution in [0.4, 0.5) is 0 Å². The summed E-state index contributed by atoms with van der Waals surface area (Å²) >= 11 is 0. The van der Waals surface area contributed by atoms with Crippen LogP contribution >= 0.6 is 0 Å². The van der Waals surface area contributed by atoms with Crippen molar-refractivity contribution in [1.82, 2.24) is 15.6 Å². The van der Waals surface area contributed by atoms with Crippen LogP contribution in [-0.2, 0) is 11.2 Å². The van der Waals surface area contributed by atoms with Crippen molar-refractivity contribution in [2.24, 2.45) is 11.3 Å². The maximum absolute atomic E-state index is 12.4. The molecule has 1 spiro atoms. The molecule has 1 aliphatic heterocycles. The summed E-state index contributed by atoms with van der Waals surface area (Å²) in [6.07, 6.45) is 5.71. The van der Waals surface area contributed by atoms with Gasteiger partial charge in [-0.2, -0.15) is 0 Å². The Balaban J connectivity index is 1.27. The van der Waals surface area contributed by atoms with Crippen molar-refractivity contribution in [3.05, 3.63) is 41.8 Å². The van der Waals surface area contributed by atoms with Crippen LogP contribution < -0.4 is 10.6 Å². The first-order valence-corrected chi connectivity index (χ1v) is 9.16. The zero-order valence-electron chi connectivity index (χ0n) is 14.7. The van der Waals surface area contributed by atoms with E-state index in [0.29, 0.717) is 24.3 Å². The Hall–Kier alpha value is -2.14. The number of rotatable bonds is 5. The summed E-state index contributed by atoms with van der Waals surface area (Å²) in [5, 5.41) is 6.45. The number of carbonyl (C=O) groups excluding carboxylic acids is 1. The zero-order chi connectivity index (χ0) is 17.3. The molecule has 2 fully saturated rings. The van der Waals surface area contributed by atoms with Crippen molar-refractivity contribution in [2.75, 3.05) is 19.6 Å². The number of hydrogen-bond acceptors (Lipinski definition) is 4. The molecule has 1 unspecified atom stereocenters. The lowest BCUT2D eigenvalue weighted by Gasteiger charge is -2.23. The van der Waals surface area contributed by atoms with E-state index in [9.17, 15) is 4.79 Å². The first kappa shape index (κ1) is 16.3. The molecule has 1 aromatic carbocycles. The summed E-state index contributed by atoms with van der Waals surface area (Å²) < 4.78 is 5.57. The van der Waals surface area contributed by atoms with Crippen LogP contribution in [0.5, 0.6) is 0 Å². The lowest BCUT2D eigenvalue weighted by molar-refractivity contribution is -0.123. The number of nitrogens with one attached hydrogen (secondary N) is 2. The summed E-state index contributed by atoms with van der Waals surface area (Å²) in [5.41, 5.74) is 3.36. The molecule has 2 heterocycles. The third-order valence-corrected chi connectivity index (χ3v) is 5.64. The van der Waals surface area contributed by atoms with Crippen molar-refractivity contribution in [2.45, 2.75) is 32.6 Å². The summed E-state index contributed by atoms with van der Waals surface area (Å²) in [4.78, 5) is 16.9. The van der Waals surface area contributed by atoms with Gasteiger partial charge in [0, 0.05) is 24.4 Å². The van der Waals surface area contributed by atoms with Crippen molar-refractivity contribution in [3.63, 3.8) is 0 Å². The number of aryl methyl sites for hydroxylation is 1. The Morgan fingerprint density at radius 2 is 2.08 bits per heavy atom. The summed E-state index contributed by atoms with van der Waals surface area (Å²) in [7, 11) is 0. The second kappa shape index (κ2) is 6.64. The molecule has 4 rings (SSSR count). The molecule has 0 radical (unpaired) electrons. The molecule has 1 aromatic heterocycles. The number of benzene rings is 1. The molecule has 1 atom stereocenters. The normalized spacial score (nSPS) is 21.2. The van der Waals surface area contributed by atoms with Crippen LogP contribution in [-0.4, -0.2) is 30.5 Å². The van der Waals surface area contributed by atoms with Crippen LogP contribution in [0.25, 0.3) is 11.5 Å². The van der Waals surface area contributed by atoms with Gasteiger partial charge >= 0.3 is 0 Å². The van der Waals surface area contributed by atoms with Crippen LogP contribution in [0.2, 0.25) is 0 Å². The highest BCUT2D eigenvalue weighted by Gasteiger charge is 2.57. The highest BCUT2D eigenvalue weighted by Crippen LogP contribution is 2.58. The number of oxazole rings is 1. The van der Waals surface area contributed by atoms with Crippen molar-refractivity contribution >= 4 is 5.91 Å². The maximum atomic E-state index is 12.4. The standard InChI is InChI=1S/C20H25N3O2/c1-14-2-4-15(5-3-14)19-23-16(13-25-19)6-9-22-18(24)17-12-20(17)7-10-21-11-8-20/h2-5,13,17,21H,6-12H2,1H3,(H,22,24). The van der Waals surface area contributed by atoms with E-state index in [1.165, 1.54) is 5.56 Å². The van der Waals surface area contributed by atoms with Crippen LogP contribution in [0.15, 0.2) is 34.9 Å². The predicted octanol–water partition coefficient (Wildman–Crippen LogP) is 2.70. The molecule has 1 saturated carbocycles. The summed E-state index contributed by atoms with van der Waals surface area (Å²) in [6, 6.07) is 8.12. The van der Waals surface area contributed by atoms with Crippen molar-refractivity contribution in [1.29, 1.82) is 0 Å². The molecule has 1 aliphatic carbocycles. The van der Waals surface area contributed by atoms with Gasteiger partial charge in [0.1, 0.15) is 6.26 Å². The number of hydrogen-bond donors (Lipinski definition) is 2. The third-order valence-electron chi connectivity index (χ3n) is 5.64. The van der Waals surface area contributed by atoms with Crippen molar-refractivity contribution in [3.8, 4) is 11.5 Å². The summed E-state index contributed by atoms with van der Waals surface area (Å²) in [6.45, 7) is 4.76. The fourth-order valence-electron chi connectivity index (χ4n) is 3.88. The van der Waals surface area contributed by atoms with Gasteiger partial charge in [0.15, 0.2) is 0 Å². The Labute approximate surface area is 148 Å². The van der Waals surface area contributed by atoms with Gasteiger partial charge in [0.05, 0.1) is 5.69 Å².